The molecule has 8 atom stereocenters. The number of amides is 5. The van der Waals surface area contributed by atoms with Crippen molar-refractivity contribution < 1.29 is 54.0 Å². The molecule has 0 fully saturated rings. The van der Waals surface area contributed by atoms with Crippen LogP contribution in [0.5, 0.6) is 0 Å². The summed E-state index contributed by atoms with van der Waals surface area (Å²) in [5.74, 6) is -7.80. The molecule has 0 aromatic rings. The second-order valence-electron chi connectivity index (χ2n) is 11.0. The quantitative estimate of drug-likeness (QED) is 0.0192. The Morgan fingerprint density at radius 2 is 1.24 bits per heavy atom. The molecule has 49 heavy (non-hydrogen) atoms. The summed E-state index contributed by atoms with van der Waals surface area (Å²) in [5.41, 5.74) is 10.9. The topological polar surface area (TPSA) is 348 Å². The molecule has 0 aliphatic carbocycles. The third-order valence-corrected chi connectivity index (χ3v) is 7.83. The number of carbonyl (C=O) groups excluding carboxylic acids is 5. The fraction of sp³-hybridized carbons (Fsp3) is 0.704. The molecular formula is C27H49N9O11S2. The van der Waals surface area contributed by atoms with Crippen LogP contribution in [0.1, 0.15) is 46.0 Å². The number of nitrogens with two attached hydrogens (primary N) is 2. The number of thioether (sulfide) groups is 1. The SMILES string of the molecule is CSCC[C@H](NC(=O)[C@@H](NC(=O)[C@@H](N)[C@@H](C)O)[C@@H](C)O)C(=O)N[C@@H](CCCNC(=N)N)C(=O)N[C@@H](CCC(=O)O)C(=O)N[C@@H](CS)C(=O)O. The Kier molecular flexibility index (Phi) is 21.6. The number of aliphatic hydroxyl groups is 2. The van der Waals surface area contributed by atoms with Gasteiger partial charge >= 0.3 is 11.9 Å². The van der Waals surface area contributed by atoms with Gasteiger partial charge in [0.15, 0.2) is 5.96 Å². The van der Waals surface area contributed by atoms with Crippen LogP contribution < -0.4 is 43.4 Å². The summed E-state index contributed by atoms with van der Waals surface area (Å²) in [7, 11) is 0. The number of carboxylic acid groups (broad SMARTS) is 2. The van der Waals surface area contributed by atoms with E-state index in [1.165, 1.54) is 25.6 Å². The molecule has 0 unspecified atom stereocenters. The van der Waals surface area contributed by atoms with E-state index in [0.717, 1.165) is 0 Å². The summed E-state index contributed by atoms with van der Waals surface area (Å²) in [6, 6.07) is -8.70. The minimum atomic E-state index is -1.58. The first-order chi connectivity index (χ1) is 22.9. The number of carbonyl (C=O) groups is 7. The van der Waals surface area contributed by atoms with Gasteiger partial charge < -0.3 is 63.8 Å². The third-order valence-electron chi connectivity index (χ3n) is 6.82. The molecule has 0 aliphatic rings. The van der Waals surface area contributed by atoms with Gasteiger partial charge in [-0.1, -0.05) is 0 Å². The smallest absolute Gasteiger partial charge is 0.327 e. The first-order valence-electron chi connectivity index (χ1n) is 15.1. The first-order valence-corrected chi connectivity index (χ1v) is 17.1. The lowest BCUT2D eigenvalue weighted by molar-refractivity contribution is -0.142. The molecule has 0 bridgehead atoms. The van der Waals surface area contributed by atoms with Gasteiger partial charge in [-0.2, -0.15) is 24.4 Å². The van der Waals surface area contributed by atoms with Crippen molar-refractivity contribution in [3.63, 3.8) is 0 Å². The van der Waals surface area contributed by atoms with Crippen LogP contribution in [0.15, 0.2) is 0 Å². The lowest BCUT2D eigenvalue weighted by atomic mass is 10.1. The van der Waals surface area contributed by atoms with Crippen molar-refractivity contribution in [2.24, 2.45) is 11.5 Å². The lowest BCUT2D eigenvalue weighted by Gasteiger charge is -2.28. The lowest BCUT2D eigenvalue weighted by Crippen LogP contribution is -2.61. The van der Waals surface area contributed by atoms with Crippen LogP contribution >= 0.6 is 24.4 Å². The number of hydrogen-bond donors (Lipinski definition) is 14. The third kappa shape index (κ3) is 17.9. The molecule has 0 heterocycles. The van der Waals surface area contributed by atoms with Gasteiger partial charge in [0, 0.05) is 18.7 Å². The van der Waals surface area contributed by atoms with Gasteiger partial charge in [-0.25, -0.2) is 4.79 Å². The van der Waals surface area contributed by atoms with E-state index in [1.807, 2.05) is 0 Å². The molecule has 0 aromatic heterocycles. The zero-order valence-electron chi connectivity index (χ0n) is 27.4. The van der Waals surface area contributed by atoms with Gasteiger partial charge in [0.05, 0.1) is 12.2 Å². The molecule has 15 N–H and O–H groups in total. The summed E-state index contributed by atoms with van der Waals surface area (Å²) in [5, 5.41) is 59.8. The zero-order valence-corrected chi connectivity index (χ0v) is 29.1. The average molecular weight is 740 g/mol. The van der Waals surface area contributed by atoms with Gasteiger partial charge in [-0.15, -0.1) is 0 Å². The molecule has 0 radical (unpaired) electrons. The van der Waals surface area contributed by atoms with E-state index >= 15 is 0 Å². The van der Waals surface area contributed by atoms with Crippen LogP contribution in [0.2, 0.25) is 0 Å². The Morgan fingerprint density at radius 3 is 1.67 bits per heavy atom. The zero-order chi connectivity index (χ0) is 37.8. The maximum atomic E-state index is 13.5. The summed E-state index contributed by atoms with van der Waals surface area (Å²) in [4.78, 5) is 88.1. The van der Waals surface area contributed by atoms with E-state index in [2.05, 4.69) is 44.5 Å². The van der Waals surface area contributed by atoms with E-state index in [4.69, 9.17) is 22.0 Å². The van der Waals surface area contributed by atoms with Gasteiger partial charge in [0.25, 0.3) is 0 Å². The van der Waals surface area contributed by atoms with Crippen LogP contribution in [-0.2, 0) is 33.6 Å². The minimum absolute atomic E-state index is 0.0244. The predicted octanol–water partition coefficient (Wildman–Crippen LogP) is -4.61. The number of thiol groups is 1. The van der Waals surface area contributed by atoms with Crippen LogP contribution in [0.4, 0.5) is 0 Å². The van der Waals surface area contributed by atoms with Crippen molar-refractivity contribution in [1.29, 1.82) is 5.41 Å². The first kappa shape index (κ1) is 45.1. The molecule has 0 spiro atoms. The maximum Gasteiger partial charge on any atom is 0.327 e. The molecule has 22 heteroatoms. The standard InChI is InChI=1S/C27H49N9O11S2/c1-12(37)19(28)24(44)36-20(13(2)38)25(45)34-16(8-10-49-3)23(43)32-14(5-4-9-31-27(29)30)21(41)33-15(6-7-18(39)40)22(42)35-17(11-48)26(46)47/h12-17,19-20,37-38,48H,4-11,28H2,1-3H3,(H,32,43)(H,33,41)(H,34,45)(H,35,42)(H,36,44)(H,39,40)(H,46,47)(H4,29,30,31)/t12-,13-,14+,15+,16+,17+,19+,20+/m1/s1. The average Bonchev–Trinajstić information content (AvgIpc) is 3.02. The van der Waals surface area contributed by atoms with Crippen LogP contribution in [0.25, 0.3) is 0 Å². The Balaban J connectivity index is 6.22. The minimum Gasteiger partial charge on any atom is -0.481 e. The molecule has 0 aliphatic heterocycles. The van der Waals surface area contributed by atoms with E-state index in [0.29, 0.717) is 5.75 Å². The Morgan fingerprint density at radius 1 is 0.755 bits per heavy atom. The molecule has 0 saturated heterocycles. The molecule has 0 saturated carbocycles. The highest BCUT2D eigenvalue weighted by molar-refractivity contribution is 7.98. The van der Waals surface area contributed by atoms with Crippen LogP contribution in [0, 0.1) is 5.41 Å². The number of aliphatic hydroxyl groups excluding tert-OH is 2. The maximum absolute atomic E-state index is 13.5. The molecule has 0 aromatic carbocycles. The number of guanidine groups is 1. The van der Waals surface area contributed by atoms with E-state index < -0.39 is 103 Å². The van der Waals surface area contributed by atoms with Crippen molar-refractivity contribution in [3.8, 4) is 0 Å². The van der Waals surface area contributed by atoms with Gasteiger partial charge in [0.2, 0.25) is 29.5 Å². The normalized spacial score (nSPS) is 15.8. The highest BCUT2D eigenvalue weighted by atomic mass is 32.2. The summed E-state index contributed by atoms with van der Waals surface area (Å²) >= 11 is 5.20. The fourth-order valence-electron chi connectivity index (χ4n) is 3.98. The molecule has 20 nitrogen and oxygen atoms in total. The molecule has 5 amide bonds. The highest BCUT2D eigenvalue weighted by Crippen LogP contribution is 2.08. The number of nitrogens with one attached hydrogen (secondary N) is 7. The molecule has 280 valence electrons. The van der Waals surface area contributed by atoms with Crippen molar-refractivity contribution >= 4 is 71.8 Å². The van der Waals surface area contributed by atoms with Gasteiger partial charge in [-0.05, 0) is 51.5 Å². The summed E-state index contributed by atoms with van der Waals surface area (Å²) in [6.45, 7) is 2.55. The number of rotatable bonds is 24. The predicted molar refractivity (Wildman–Crippen MR) is 181 cm³/mol. The van der Waals surface area contributed by atoms with Crippen molar-refractivity contribution in [3.05, 3.63) is 0 Å². The fourth-order valence-corrected chi connectivity index (χ4v) is 4.70. The molecule has 0 rings (SSSR count). The second-order valence-corrected chi connectivity index (χ2v) is 12.3. The van der Waals surface area contributed by atoms with Crippen molar-refractivity contribution in [2.75, 3.05) is 24.3 Å². The van der Waals surface area contributed by atoms with Gasteiger partial charge in [0.1, 0.15) is 36.3 Å². The van der Waals surface area contributed by atoms with E-state index in [9.17, 15) is 48.9 Å². The largest absolute Gasteiger partial charge is 0.481 e. The number of hydrogen-bond acceptors (Lipinski definition) is 13. The second kappa shape index (κ2) is 23.5. The summed E-state index contributed by atoms with van der Waals surface area (Å²) in [6.07, 6.45) is -1.95. The summed E-state index contributed by atoms with van der Waals surface area (Å²) < 4.78 is 0. The van der Waals surface area contributed by atoms with Crippen LogP contribution in [0.3, 0.4) is 0 Å². The van der Waals surface area contributed by atoms with Crippen molar-refractivity contribution in [2.45, 2.75) is 94.4 Å². The van der Waals surface area contributed by atoms with Gasteiger partial charge in [-0.3, -0.25) is 34.2 Å². The number of carboxylic acids is 2. The monoisotopic (exact) mass is 739 g/mol. The van der Waals surface area contributed by atoms with Crippen molar-refractivity contribution in [1.82, 2.24) is 31.9 Å². The Bertz CT molecular complexity index is 1160. The Hall–Kier alpha value is -3.86. The van der Waals surface area contributed by atoms with E-state index in [1.54, 1.807) is 6.26 Å². The highest BCUT2D eigenvalue weighted by Gasteiger charge is 2.34. The van der Waals surface area contributed by atoms with E-state index in [-0.39, 0.29) is 37.5 Å². The number of aliphatic carboxylic acids is 2. The molecular weight excluding hydrogens is 690 g/mol. The Labute approximate surface area is 292 Å². The van der Waals surface area contributed by atoms with Crippen LogP contribution in [-0.4, -0.2) is 141 Å².